The number of hydrogen-bond acceptors (Lipinski definition) is 7. The minimum Gasteiger partial charge on any atom is -0.365 e. The van der Waals surface area contributed by atoms with Crippen LogP contribution in [0.25, 0.3) is 0 Å². The molecule has 0 rings (SSSR count). The summed E-state index contributed by atoms with van der Waals surface area (Å²) in [7, 11) is 0. The van der Waals surface area contributed by atoms with Crippen molar-refractivity contribution in [2.45, 2.75) is 17.4 Å². The summed E-state index contributed by atoms with van der Waals surface area (Å²) < 4.78 is 41.7. The molecule has 0 aromatic heterocycles. The van der Waals surface area contributed by atoms with Gasteiger partial charge in [-0.15, -0.1) is 0 Å². The van der Waals surface area contributed by atoms with E-state index in [1.165, 1.54) is 10.6 Å². The van der Waals surface area contributed by atoms with Crippen molar-refractivity contribution in [1.82, 2.24) is 10.6 Å². The number of carbonyl (C=O) groups excluding carboxylic acids is 3. The topological polar surface area (TPSA) is 127 Å². The van der Waals surface area contributed by atoms with E-state index >= 15 is 0 Å². The van der Waals surface area contributed by atoms with Gasteiger partial charge in [0.1, 0.15) is 0 Å². The molecule has 6 N–H and O–H groups in total. The van der Waals surface area contributed by atoms with Gasteiger partial charge in [0, 0.05) is 5.75 Å². The van der Waals surface area contributed by atoms with Gasteiger partial charge >= 0.3 is 0 Å². The number of halogens is 3. The Morgan fingerprint density at radius 2 is 1.27 bits per heavy atom. The number of rotatable bonds is 8. The third-order valence-electron chi connectivity index (χ3n) is 2.42. The second kappa shape index (κ2) is 7.66. The van der Waals surface area contributed by atoms with Gasteiger partial charge in [-0.1, -0.05) is 0 Å². The van der Waals surface area contributed by atoms with Crippen molar-refractivity contribution in [3.05, 3.63) is 0 Å². The summed E-state index contributed by atoms with van der Waals surface area (Å²) in [4.78, 5) is 34.0. The van der Waals surface area contributed by atoms with Crippen LogP contribution in [0.2, 0.25) is 0 Å². The lowest BCUT2D eigenvalue weighted by molar-refractivity contribution is -0.149. The molecule has 0 heterocycles. The first kappa shape index (κ1) is 21.2. The maximum absolute atomic E-state index is 14.4. The fourth-order valence-corrected chi connectivity index (χ4v) is 1.58. The van der Waals surface area contributed by atoms with Crippen LogP contribution in [0, 0.1) is 0 Å². The van der Waals surface area contributed by atoms with E-state index in [9.17, 15) is 27.6 Å². The average Bonchev–Trinajstić information content (AvgIpc) is 2.46. The first-order valence-corrected chi connectivity index (χ1v) is 7.41. The third-order valence-corrected chi connectivity index (χ3v) is 3.75. The molecule has 22 heavy (non-hydrogen) atoms. The van der Waals surface area contributed by atoms with Gasteiger partial charge in [-0.25, -0.2) is 13.2 Å². The van der Waals surface area contributed by atoms with E-state index in [-0.39, 0.29) is 0 Å². The lowest BCUT2D eigenvalue weighted by atomic mass is 10.2. The molecular formula is C9H15F3N4O3S3. The average molecular weight is 380 g/mol. The van der Waals surface area contributed by atoms with Crippen LogP contribution in [0.1, 0.15) is 0 Å². The molecule has 0 aromatic rings. The molecule has 0 spiro atoms. The van der Waals surface area contributed by atoms with Gasteiger partial charge in [0.2, 0.25) is 5.79 Å². The minimum atomic E-state index is -3.35. The molecular weight excluding hydrogens is 365 g/mol. The van der Waals surface area contributed by atoms with Crippen LogP contribution < -0.4 is 22.1 Å². The van der Waals surface area contributed by atoms with E-state index in [1.54, 1.807) is 0 Å². The predicted octanol–water partition coefficient (Wildman–Crippen LogP) is -1.55. The van der Waals surface area contributed by atoms with Crippen molar-refractivity contribution in [3.63, 3.8) is 0 Å². The molecule has 13 heteroatoms. The summed E-state index contributed by atoms with van der Waals surface area (Å²) in [5, 5.41) is 2.66. The SMILES string of the molecule is NC(=O)[C@](F)(CS)NC(=O)[C@](F)(CS)NC(=O)[C@](N)(F)CS. The van der Waals surface area contributed by atoms with Crippen LogP contribution in [0.4, 0.5) is 13.2 Å². The smallest absolute Gasteiger partial charge is 0.282 e. The van der Waals surface area contributed by atoms with Crippen LogP contribution in [0.15, 0.2) is 0 Å². The normalized spacial score (nSPS) is 19.2. The third kappa shape index (κ3) is 4.86. The number of nitrogens with one attached hydrogen (secondary N) is 2. The molecule has 3 atom stereocenters. The van der Waals surface area contributed by atoms with E-state index in [0.29, 0.717) is 0 Å². The molecule has 0 unspecified atom stereocenters. The van der Waals surface area contributed by atoms with Crippen LogP contribution in [0.5, 0.6) is 0 Å². The Morgan fingerprint density at radius 1 is 0.864 bits per heavy atom. The molecule has 0 bridgehead atoms. The Labute approximate surface area is 140 Å². The van der Waals surface area contributed by atoms with Crippen molar-refractivity contribution >= 4 is 55.6 Å². The zero-order chi connectivity index (χ0) is 17.8. The van der Waals surface area contributed by atoms with Gasteiger partial charge in [-0.3, -0.25) is 20.1 Å². The van der Waals surface area contributed by atoms with Gasteiger partial charge in [0.25, 0.3) is 29.3 Å². The summed E-state index contributed by atoms with van der Waals surface area (Å²) >= 11 is 10.4. The van der Waals surface area contributed by atoms with Crippen molar-refractivity contribution in [2.75, 3.05) is 17.3 Å². The number of thiol groups is 3. The Balaban J connectivity index is 5.27. The highest BCUT2D eigenvalue weighted by atomic mass is 32.1. The minimum absolute atomic E-state index is 0.811. The highest BCUT2D eigenvalue weighted by Crippen LogP contribution is 2.17. The Kier molecular flexibility index (Phi) is 7.38. The Hall–Kier alpha value is -0.790. The summed E-state index contributed by atoms with van der Waals surface area (Å²) in [6.45, 7) is 0. The molecule has 0 radical (unpaired) electrons. The van der Waals surface area contributed by atoms with Crippen molar-refractivity contribution in [1.29, 1.82) is 0 Å². The van der Waals surface area contributed by atoms with Gasteiger partial charge < -0.3 is 16.4 Å². The maximum Gasteiger partial charge on any atom is 0.282 e. The van der Waals surface area contributed by atoms with E-state index in [2.05, 4.69) is 37.9 Å². The first-order chi connectivity index (χ1) is 9.88. The molecule has 0 aliphatic rings. The number of carbonyl (C=O) groups is 3. The van der Waals surface area contributed by atoms with Crippen LogP contribution in [-0.4, -0.2) is 52.4 Å². The summed E-state index contributed by atoms with van der Waals surface area (Å²) in [5.41, 5.74) is 9.59. The molecule has 0 aliphatic carbocycles. The largest absolute Gasteiger partial charge is 0.365 e. The maximum atomic E-state index is 14.4. The van der Waals surface area contributed by atoms with Crippen LogP contribution in [0.3, 0.4) is 0 Å². The molecule has 0 fully saturated rings. The number of alkyl halides is 3. The van der Waals surface area contributed by atoms with E-state index in [1.807, 2.05) is 0 Å². The van der Waals surface area contributed by atoms with Gasteiger partial charge in [-0.05, 0) is 0 Å². The van der Waals surface area contributed by atoms with Crippen LogP contribution >= 0.6 is 37.9 Å². The second-order valence-corrected chi connectivity index (χ2v) is 5.16. The highest BCUT2D eigenvalue weighted by Gasteiger charge is 2.48. The predicted molar refractivity (Wildman–Crippen MR) is 82.7 cm³/mol. The highest BCUT2D eigenvalue weighted by molar-refractivity contribution is 7.80. The van der Waals surface area contributed by atoms with Gasteiger partial charge in [-0.2, -0.15) is 37.9 Å². The summed E-state index contributed by atoms with van der Waals surface area (Å²) in [5.74, 6) is -17.5. The lowest BCUT2D eigenvalue weighted by Crippen LogP contribution is -2.67. The zero-order valence-electron chi connectivity index (χ0n) is 11.0. The molecule has 7 nitrogen and oxygen atoms in total. The van der Waals surface area contributed by atoms with Crippen molar-refractivity contribution in [3.8, 4) is 0 Å². The molecule has 0 saturated heterocycles. The first-order valence-electron chi connectivity index (χ1n) is 5.52. The summed E-state index contributed by atoms with van der Waals surface area (Å²) in [6.07, 6.45) is 0. The van der Waals surface area contributed by atoms with Gasteiger partial charge in [0.05, 0.1) is 11.5 Å². The van der Waals surface area contributed by atoms with Crippen molar-refractivity contribution in [2.24, 2.45) is 11.5 Å². The number of nitrogens with two attached hydrogens (primary N) is 2. The second-order valence-electron chi connectivity index (χ2n) is 4.21. The monoisotopic (exact) mass is 380 g/mol. The van der Waals surface area contributed by atoms with Gasteiger partial charge in [0.15, 0.2) is 0 Å². The van der Waals surface area contributed by atoms with E-state index in [0.717, 1.165) is 0 Å². The van der Waals surface area contributed by atoms with E-state index < -0.39 is 52.4 Å². The molecule has 0 aromatic carbocycles. The number of hydrogen-bond donors (Lipinski definition) is 7. The Bertz CT molecular complexity index is 471. The molecule has 0 saturated carbocycles. The number of primary amides is 1. The Morgan fingerprint density at radius 3 is 1.59 bits per heavy atom. The number of amides is 3. The standard InChI is InChI=1S/C9H15F3N4O3S3/c10-7(14,1-20)5(18)15-9(12,3-22)6(19)16-8(11,2-21)4(13)17/h20-22H,1-3,14H2,(H2,13,17)(H,15,18)(H,16,19)/t7-,8-,9-/m0/s1. The quantitative estimate of drug-likeness (QED) is 0.203. The molecule has 3 amide bonds. The summed E-state index contributed by atoms with van der Waals surface area (Å²) in [6, 6.07) is 0. The van der Waals surface area contributed by atoms with Crippen LogP contribution in [-0.2, 0) is 14.4 Å². The molecule has 0 aliphatic heterocycles. The fourth-order valence-electron chi connectivity index (χ4n) is 0.982. The zero-order valence-corrected chi connectivity index (χ0v) is 13.7. The van der Waals surface area contributed by atoms with Crippen molar-refractivity contribution < 1.29 is 27.6 Å². The fraction of sp³-hybridized carbons (Fsp3) is 0.667. The molecule has 128 valence electrons. The lowest BCUT2D eigenvalue weighted by Gasteiger charge is -2.30. The van der Waals surface area contributed by atoms with E-state index in [4.69, 9.17) is 11.5 Å².